The summed E-state index contributed by atoms with van der Waals surface area (Å²) < 4.78 is 0. The number of phenolic OH excluding ortho intramolecular Hbond substituents is 4. The van der Waals surface area contributed by atoms with Gasteiger partial charge in [-0.05, 0) is 64.4 Å². The zero-order chi connectivity index (χ0) is 20.1. The lowest BCUT2D eigenvalue weighted by Crippen LogP contribution is -2.24. The van der Waals surface area contributed by atoms with E-state index in [9.17, 15) is 20.4 Å². The van der Waals surface area contributed by atoms with E-state index in [0.29, 0.717) is 17.5 Å². The highest BCUT2D eigenvalue weighted by Crippen LogP contribution is 2.49. The predicted molar refractivity (Wildman–Crippen MR) is 111 cm³/mol. The molecule has 0 aromatic heterocycles. The first-order valence-corrected chi connectivity index (χ1v) is 9.25. The molecule has 0 amide bonds. The molecule has 4 N–H and O–H groups in total. The normalized spacial score (nSPS) is 11.9. The summed E-state index contributed by atoms with van der Waals surface area (Å²) in [5.74, 6) is 0.410. The van der Waals surface area contributed by atoms with Crippen LogP contribution in [0.25, 0.3) is 21.5 Å². The molecule has 142 valence electrons. The molecule has 0 bridgehead atoms. The number of benzene rings is 4. The second-order valence-corrected chi connectivity index (χ2v) is 7.42. The van der Waals surface area contributed by atoms with Gasteiger partial charge in [-0.1, -0.05) is 38.1 Å². The zero-order valence-corrected chi connectivity index (χ0v) is 15.8. The molecule has 0 atom stereocenters. The van der Waals surface area contributed by atoms with Crippen molar-refractivity contribution in [3.05, 3.63) is 71.8 Å². The molecule has 0 aliphatic carbocycles. The summed E-state index contributed by atoms with van der Waals surface area (Å²) >= 11 is 0. The standard InChI is InChI=1S/C24H22O4/c1-3-24(2,22-18-12-16(25)8-4-14(18)6-10-20(22)27)23-19-13-17(26)9-5-15(19)7-11-21(23)28/h4-13,25-28H,3H2,1-2H3. The van der Waals surface area contributed by atoms with Crippen LogP contribution in [0, 0.1) is 0 Å². The minimum absolute atomic E-state index is 0.0963. The van der Waals surface area contributed by atoms with E-state index in [1.54, 1.807) is 60.7 Å². The Bertz CT molecular complexity index is 1110. The summed E-state index contributed by atoms with van der Waals surface area (Å²) in [7, 11) is 0. The molecule has 0 aliphatic rings. The summed E-state index contributed by atoms with van der Waals surface area (Å²) in [6, 6.07) is 17.0. The third-order valence-electron chi connectivity index (χ3n) is 5.78. The largest absolute Gasteiger partial charge is 0.508 e. The monoisotopic (exact) mass is 374 g/mol. The van der Waals surface area contributed by atoms with Gasteiger partial charge in [0, 0.05) is 16.5 Å². The van der Waals surface area contributed by atoms with Gasteiger partial charge in [0.15, 0.2) is 0 Å². The molecule has 0 unspecified atom stereocenters. The highest BCUT2D eigenvalue weighted by atomic mass is 16.3. The van der Waals surface area contributed by atoms with Gasteiger partial charge in [-0.3, -0.25) is 0 Å². The first-order chi connectivity index (χ1) is 13.3. The molecule has 4 aromatic carbocycles. The summed E-state index contributed by atoms with van der Waals surface area (Å²) in [4.78, 5) is 0. The van der Waals surface area contributed by atoms with Gasteiger partial charge in [-0.2, -0.15) is 0 Å². The van der Waals surface area contributed by atoms with Crippen LogP contribution in [-0.4, -0.2) is 20.4 Å². The van der Waals surface area contributed by atoms with Crippen molar-refractivity contribution in [2.24, 2.45) is 0 Å². The lowest BCUT2D eigenvalue weighted by molar-refractivity contribution is 0.424. The van der Waals surface area contributed by atoms with Crippen LogP contribution in [0.1, 0.15) is 31.4 Å². The molecule has 0 heterocycles. The van der Waals surface area contributed by atoms with Gasteiger partial charge >= 0.3 is 0 Å². The molecule has 0 saturated carbocycles. The highest BCUT2D eigenvalue weighted by Gasteiger charge is 2.35. The Balaban J connectivity index is 2.15. The minimum atomic E-state index is -0.769. The fourth-order valence-electron chi connectivity index (χ4n) is 4.23. The van der Waals surface area contributed by atoms with Crippen molar-refractivity contribution in [2.75, 3.05) is 0 Å². The Hall–Kier alpha value is -3.40. The lowest BCUT2D eigenvalue weighted by atomic mass is 9.70. The number of hydrogen-bond donors (Lipinski definition) is 4. The van der Waals surface area contributed by atoms with Crippen molar-refractivity contribution in [1.29, 1.82) is 0 Å². The third kappa shape index (κ3) is 2.61. The van der Waals surface area contributed by atoms with Crippen LogP contribution in [0.2, 0.25) is 0 Å². The Morgan fingerprint density at radius 1 is 0.643 bits per heavy atom. The van der Waals surface area contributed by atoms with Crippen LogP contribution in [-0.2, 0) is 5.41 Å². The average molecular weight is 374 g/mol. The summed E-state index contributed by atoms with van der Waals surface area (Å²) in [5, 5.41) is 45.0. The molecule has 0 fully saturated rings. The molecule has 0 aliphatic heterocycles. The highest BCUT2D eigenvalue weighted by molar-refractivity contribution is 5.94. The number of fused-ring (bicyclic) bond motifs is 2. The predicted octanol–water partition coefficient (Wildman–Crippen LogP) is 5.53. The maximum Gasteiger partial charge on any atom is 0.120 e. The first-order valence-electron chi connectivity index (χ1n) is 9.25. The van der Waals surface area contributed by atoms with Gasteiger partial charge in [0.05, 0.1) is 0 Å². The quantitative estimate of drug-likeness (QED) is 0.380. The number of phenols is 4. The molecule has 4 aromatic rings. The number of hydrogen-bond acceptors (Lipinski definition) is 4. The number of aromatic hydroxyl groups is 4. The van der Waals surface area contributed by atoms with Crippen molar-refractivity contribution in [2.45, 2.75) is 25.7 Å². The van der Waals surface area contributed by atoms with E-state index in [0.717, 1.165) is 21.5 Å². The van der Waals surface area contributed by atoms with Crippen LogP contribution in [0.15, 0.2) is 60.7 Å². The number of rotatable bonds is 3. The smallest absolute Gasteiger partial charge is 0.120 e. The second-order valence-electron chi connectivity index (χ2n) is 7.42. The van der Waals surface area contributed by atoms with E-state index >= 15 is 0 Å². The molecule has 28 heavy (non-hydrogen) atoms. The Morgan fingerprint density at radius 2 is 1.04 bits per heavy atom. The summed E-state index contributed by atoms with van der Waals surface area (Å²) in [6.07, 6.45) is 0.581. The van der Waals surface area contributed by atoms with E-state index in [2.05, 4.69) is 0 Å². The molecule has 4 rings (SSSR count). The molecule has 0 saturated heterocycles. The molecule has 4 heteroatoms. The van der Waals surface area contributed by atoms with Crippen molar-refractivity contribution in [3.8, 4) is 23.0 Å². The lowest BCUT2D eigenvalue weighted by Gasteiger charge is -2.33. The SMILES string of the molecule is CCC(C)(c1c(O)ccc2ccc(O)cc12)c1c(O)ccc2ccc(O)cc12. The van der Waals surface area contributed by atoms with Crippen LogP contribution >= 0.6 is 0 Å². The Labute approximate surface area is 162 Å². The molecule has 0 radical (unpaired) electrons. The third-order valence-corrected chi connectivity index (χ3v) is 5.78. The average Bonchev–Trinajstić information content (AvgIpc) is 2.67. The van der Waals surface area contributed by atoms with Gasteiger partial charge in [-0.15, -0.1) is 0 Å². The maximum atomic E-state index is 10.8. The zero-order valence-electron chi connectivity index (χ0n) is 15.8. The minimum Gasteiger partial charge on any atom is -0.508 e. The second kappa shape index (κ2) is 6.34. The van der Waals surface area contributed by atoms with Crippen LogP contribution in [0.5, 0.6) is 23.0 Å². The Morgan fingerprint density at radius 3 is 1.43 bits per heavy atom. The fourth-order valence-corrected chi connectivity index (χ4v) is 4.23. The van der Waals surface area contributed by atoms with E-state index < -0.39 is 5.41 Å². The van der Waals surface area contributed by atoms with Crippen LogP contribution < -0.4 is 0 Å². The van der Waals surface area contributed by atoms with Crippen LogP contribution in [0.3, 0.4) is 0 Å². The van der Waals surface area contributed by atoms with Crippen LogP contribution in [0.4, 0.5) is 0 Å². The molecule has 4 nitrogen and oxygen atoms in total. The van der Waals surface area contributed by atoms with Gasteiger partial charge in [-0.25, -0.2) is 0 Å². The van der Waals surface area contributed by atoms with Crippen molar-refractivity contribution in [1.82, 2.24) is 0 Å². The van der Waals surface area contributed by atoms with E-state index in [1.807, 2.05) is 13.8 Å². The fraction of sp³-hybridized carbons (Fsp3) is 0.167. The maximum absolute atomic E-state index is 10.8. The van der Waals surface area contributed by atoms with Gasteiger partial charge in [0.2, 0.25) is 0 Å². The Kier molecular flexibility index (Phi) is 4.07. The van der Waals surface area contributed by atoms with E-state index in [-0.39, 0.29) is 23.0 Å². The molecular weight excluding hydrogens is 352 g/mol. The van der Waals surface area contributed by atoms with Gasteiger partial charge < -0.3 is 20.4 Å². The molecular formula is C24H22O4. The molecule has 0 spiro atoms. The van der Waals surface area contributed by atoms with E-state index in [4.69, 9.17) is 0 Å². The summed E-state index contributed by atoms with van der Waals surface area (Å²) in [6.45, 7) is 3.95. The first kappa shape index (κ1) is 18.0. The van der Waals surface area contributed by atoms with Crippen molar-refractivity contribution >= 4 is 21.5 Å². The van der Waals surface area contributed by atoms with Gasteiger partial charge in [0.25, 0.3) is 0 Å². The summed E-state index contributed by atoms with van der Waals surface area (Å²) in [5.41, 5.74) is 0.499. The van der Waals surface area contributed by atoms with Gasteiger partial charge in [0.1, 0.15) is 23.0 Å². The van der Waals surface area contributed by atoms with Crippen molar-refractivity contribution < 1.29 is 20.4 Å². The van der Waals surface area contributed by atoms with Crippen molar-refractivity contribution in [3.63, 3.8) is 0 Å². The van der Waals surface area contributed by atoms with E-state index in [1.165, 1.54) is 0 Å². The topological polar surface area (TPSA) is 80.9 Å².